The van der Waals surface area contributed by atoms with Crippen LogP contribution in [0.15, 0.2) is 79.0 Å². The van der Waals surface area contributed by atoms with E-state index in [2.05, 4.69) is 30.3 Å². The number of nitrogens with zero attached hydrogens (tertiary/aromatic N) is 8. The molecule has 0 bridgehead atoms. The molecule has 0 saturated carbocycles. The molecule has 3 saturated heterocycles. The molecule has 19 nitrogen and oxygen atoms in total. The number of piperidine rings is 1. The molecule has 5 aromatic rings. The number of hydrogen-bond acceptors (Lipinski definition) is 16. The number of pyridine rings is 1. The number of ether oxygens (including phenoxy) is 4. The molecule has 0 aliphatic carbocycles. The Morgan fingerprint density at radius 2 is 1.51 bits per heavy atom. The molecule has 4 amide bonds. The number of imide groups is 2. The predicted octanol–water partition coefficient (Wildman–Crippen LogP) is 4.32. The summed E-state index contributed by atoms with van der Waals surface area (Å²) in [7, 11) is 0. The van der Waals surface area contributed by atoms with Gasteiger partial charge in [0.05, 0.1) is 81.9 Å². The first-order valence-electron chi connectivity index (χ1n) is 24.4. The van der Waals surface area contributed by atoms with Crippen LogP contribution in [0.1, 0.15) is 70.8 Å². The highest BCUT2D eigenvalue weighted by Gasteiger charge is 2.45. The number of benzene rings is 2. The molecule has 4 aliphatic heterocycles. The summed E-state index contributed by atoms with van der Waals surface area (Å²) in [6.45, 7) is 7.80. The number of ketones is 1. The van der Waals surface area contributed by atoms with Crippen LogP contribution in [0.25, 0.3) is 17.0 Å². The Balaban J connectivity index is 0.598. The van der Waals surface area contributed by atoms with E-state index in [-0.39, 0.29) is 41.6 Å². The third-order valence-electron chi connectivity index (χ3n) is 13.1. The van der Waals surface area contributed by atoms with Gasteiger partial charge in [-0.2, -0.15) is 0 Å². The van der Waals surface area contributed by atoms with Crippen LogP contribution in [0.2, 0.25) is 0 Å². The number of nitrogens with one attached hydrogen (secondary N) is 2. The summed E-state index contributed by atoms with van der Waals surface area (Å²) in [4.78, 5) is 80.3. The van der Waals surface area contributed by atoms with Gasteiger partial charge in [-0.15, -0.1) is 5.10 Å². The van der Waals surface area contributed by atoms with E-state index in [0.29, 0.717) is 84.5 Å². The summed E-state index contributed by atoms with van der Waals surface area (Å²) >= 11 is 0. The zero-order valence-corrected chi connectivity index (χ0v) is 39.6. The Kier molecular flexibility index (Phi) is 16.3. The lowest BCUT2D eigenvalue weighted by Crippen LogP contribution is -2.54. The fourth-order valence-corrected chi connectivity index (χ4v) is 9.55. The van der Waals surface area contributed by atoms with Crippen LogP contribution >= 0.6 is 0 Å². The van der Waals surface area contributed by atoms with E-state index in [9.17, 15) is 28.4 Å². The van der Waals surface area contributed by atoms with Crippen molar-refractivity contribution in [2.45, 2.75) is 50.6 Å². The SMILES string of the molecule is O=C(CCCOCCOCCOCCOCCNc1cccc2c1C(=O)N(C1CCC(=O)NC1=O)C2=O)CN1CCN(c2cccc(-c3cnc4ccc(N5CCC[C@@H]5c5cccc(F)c5)nn34)n2)CC1. The van der Waals surface area contributed by atoms with Crippen LogP contribution in [0.3, 0.4) is 0 Å². The smallest absolute Gasteiger partial charge is 0.264 e. The van der Waals surface area contributed by atoms with Crippen LogP contribution in [0, 0.1) is 5.82 Å². The first-order valence-corrected chi connectivity index (χ1v) is 24.4. The normalized spacial score (nSPS) is 18.5. The van der Waals surface area contributed by atoms with Gasteiger partial charge in [-0.25, -0.2) is 18.9 Å². The first kappa shape index (κ1) is 49.3. The molecule has 2 N–H and O–H groups in total. The zero-order chi connectivity index (χ0) is 49.1. The largest absolute Gasteiger partial charge is 0.382 e. The lowest BCUT2D eigenvalue weighted by Gasteiger charge is -2.35. The van der Waals surface area contributed by atoms with Crippen molar-refractivity contribution in [2.24, 2.45) is 0 Å². The molecule has 374 valence electrons. The molecule has 3 aromatic heterocycles. The first-order chi connectivity index (χ1) is 34.7. The van der Waals surface area contributed by atoms with Crippen molar-refractivity contribution in [3.8, 4) is 11.4 Å². The quantitative estimate of drug-likeness (QED) is 0.0653. The molecule has 71 heavy (non-hydrogen) atoms. The third-order valence-corrected chi connectivity index (χ3v) is 13.1. The van der Waals surface area contributed by atoms with E-state index in [1.165, 1.54) is 6.07 Å². The number of carbonyl (C=O) groups excluding carboxylic acids is 5. The third kappa shape index (κ3) is 11.9. The molecule has 0 radical (unpaired) electrons. The highest BCUT2D eigenvalue weighted by Crippen LogP contribution is 2.36. The average Bonchev–Trinajstić information content (AvgIpc) is 4.11. The van der Waals surface area contributed by atoms with Crippen LogP contribution in [-0.2, 0) is 33.3 Å². The van der Waals surface area contributed by atoms with Gasteiger partial charge < -0.3 is 34.1 Å². The molecule has 20 heteroatoms. The minimum atomic E-state index is -1.02. The summed E-state index contributed by atoms with van der Waals surface area (Å²) in [6, 6.07) is 20.7. The summed E-state index contributed by atoms with van der Waals surface area (Å²) in [6.07, 6.45) is 4.98. The van der Waals surface area contributed by atoms with Crippen LogP contribution in [0.4, 0.5) is 21.7 Å². The number of aromatic nitrogens is 4. The second-order valence-corrected chi connectivity index (χ2v) is 17.8. The number of Topliss-reactive ketones (excluding diaryl/α,β-unsaturated/α-hetero) is 1. The lowest BCUT2D eigenvalue weighted by atomic mass is 10.0. The molecule has 0 spiro atoms. The monoisotopic (exact) mass is 974 g/mol. The molecule has 2 aromatic carbocycles. The van der Waals surface area contributed by atoms with Gasteiger partial charge in [0.25, 0.3) is 11.8 Å². The summed E-state index contributed by atoms with van der Waals surface area (Å²) < 4.78 is 38.4. The van der Waals surface area contributed by atoms with Crippen LogP contribution in [-0.4, -0.2) is 164 Å². The maximum absolute atomic E-state index is 14.1. The second-order valence-electron chi connectivity index (χ2n) is 17.8. The number of anilines is 3. The van der Waals surface area contributed by atoms with E-state index in [1.807, 2.05) is 40.9 Å². The molecule has 3 fully saturated rings. The van der Waals surface area contributed by atoms with Crippen molar-refractivity contribution in [3.05, 3.63) is 102 Å². The van der Waals surface area contributed by atoms with Gasteiger partial charge in [-0.05, 0) is 79.8 Å². The van der Waals surface area contributed by atoms with Gasteiger partial charge in [-0.3, -0.25) is 39.1 Å². The number of piperazine rings is 1. The zero-order valence-electron chi connectivity index (χ0n) is 39.6. The van der Waals surface area contributed by atoms with Gasteiger partial charge in [0.1, 0.15) is 35.0 Å². The Morgan fingerprint density at radius 1 is 0.761 bits per heavy atom. The van der Waals surface area contributed by atoms with E-state index >= 15 is 0 Å². The van der Waals surface area contributed by atoms with Gasteiger partial charge in [0.15, 0.2) is 5.65 Å². The van der Waals surface area contributed by atoms with Gasteiger partial charge in [-0.1, -0.05) is 24.3 Å². The minimum Gasteiger partial charge on any atom is -0.382 e. The predicted molar refractivity (Wildman–Crippen MR) is 260 cm³/mol. The van der Waals surface area contributed by atoms with Crippen LogP contribution in [0.5, 0.6) is 0 Å². The fraction of sp³-hybridized carbons (Fsp3) is 0.451. The van der Waals surface area contributed by atoms with Crippen molar-refractivity contribution in [1.29, 1.82) is 0 Å². The maximum atomic E-state index is 14.1. The van der Waals surface area contributed by atoms with Crippen molar-refractivity contribution >= 4 is 52.4 Å². The Morgan fingerprint density at radius 3 is 2.28 bits per heavy atom. The molecule has 7 heterocycles. The van der Waals surface area contributed by atoms with Crippen LogP contribution < -0.4 is 20.4 Å². The highest BCUT2D eigenvalue weighted by molar-refractivity contribution is 6.25. The van der Waals surface area contributed by atoms with Crippen molar-refractivity contribution in [3.63, 3.8) is 0 Å². The number of rotatable bonds is 24. The molecule has 4 aliphatic rings. The number of imidazole rings is 1. The molecule has 9 rings (SSSR count). The van der Waals surface area contributed by atoms with E-state index in [1.54, 1.807) is 36.5 Å². The van der Waals surface area contributed by atoms with Crippen molar-refractivity contribution in [1.82, 2.24) is 34.7 Å². The lowest BCUT2D eigenvalue weighted by molar-refractivity contribution is -0.136. The van der Waals surface area contributed by atoms with Gasteiger partial charge in [0, 0.05) is 64.4 Å². The Bertz CT molecular complexity index is 2710. The molecule has 2 atom stereocenters. The Hall–Kier alpha value is -6.71. The van der Waals surface area contributed by atoms with E-state index in [4.69, 9.17) is 29.0 Å². The minimum absolute atomic E-state index is 0.0522. The topological polar surface area (TPSA) is 202 Å². The number of amides is 4. The molecule has 1 unspecified atom stereocenters. The standard InChI is InChI=1S/C51H59FN10O9/c52-36-7-1-6-35(32-36)41-12-4-19-60(41)46-16-15-44-54-33-43(62(44)57-46)39-10-3-13-45(55-39)59-22-20-58(21-23-59)34-37(63)8-5-24-68-26-28-70-30-31-71-29-27-69-25-18-53-40-11-2-9-38-48(40)51(67)61(50(38)66)42-14-17-47(64)56-49(42)65/h1-3,6-7,9-11,13,15-16,32-33,41-42,53H,4-5,8,12,14,17-31,34H2,(H,56,64,65)/t41-,42?/m1/s1. The fourth-order valence-electron chi connectivity index (χ4n) is 9.55. The number of hydrogen-bond donors (Lipinski definition) is 2. The highest BCUT2D eigenvalue weighted by atomic mass is 19.1. The van der Waals surface area contributed by atoms with Gasteiger partial charge >= 0.3 is 0 Å². The van der Waals surface area contributed by atoms with E-state index < -0.39 is 29.7 Å². The number of fused-ring (bicyclic) bond motifs is 2. The second kappa shape index (κ2) is 23.5. The van der Waals surface area contributed by atoms with Gasteiger partial charge in [0.2, 0.25) is 11.8 Å². The van der Waals surface area contributed by atoms with Crippen molar-refractivity contribution < 1.29 is 47.3 Å². The average molecular weight is 975 g/mol. The summed E-state index contributed by atoms with van der Waals surface area (Å²) in [5.41, 5.74) is 4.12. The number of carbonyl (C=O) groups is 5. The summed E-state index contributed by atoms with van der Waals surface area (Å²) in [5.74, 6) is -0.553. The number of halogens is 1. The Labute approximate surface area is 410 Å². The maximum Gasteiger partial charge on any atom is 0.264 e. The molecular formula is C51H59FN10O9. The molecular weight excluding hydrogens is 916 g/mol. The summed E-state index contributed by atoms with van der Waals surface area (Å²) in [5, 5.41) is 10.4. The van der Waals surface area contributed by atoms with E-state index in [0.717, 1.165) is 84.7 Å². The van der Waals surface area contributed by atoms with Crippen molar-refractivity contribution in [2.75, 3.05) is 114 Å².